The zero-order chi connectivity index (χ0) is 12.5. The minimum atomic E-state index is -0.182. The third-order valence-electron chi connectivity index (χ3n) is 3.55. The molecule has 1 aromatic rings. The number of aliphatic hydroxyl groups is 1. The Balaban J connectivity index is 2.01. The topological polar surface area (TPSA) is 23.5 Å². The van der Waals surface area contributed by atoms with Gasteiger partial charge in [-0.25, -0.2) is 0 Å². The molecule has 1 aliphatic heterocycles. The van der Waals surface area contributed by atoms with Gasteiger partial charge in [-0.05, 0) is 24.1 Å². The van der Waals surface area contributed by atoms with Crippen LogP contribution in [0.1, 0.15) is 25.8 Å². The van der Waals surface area contributed by atoms with Crippen molar-refractivity contribution in [2.75, 3.05) is 13.1 Å². The van der Waals surface area contributed by atoms with Crippen molar-refractivity contribution < 1.29 is 5.11 Å². The SMILES string of the molecule is CC1(C)CN(Cc2cccc(Cl)c2)CCC1O. The zero-order valence-corrected chi connectivity index (χ0v) is 11.2. The van der Waals surface area contributed by atoms with Crippen molar-refractivity contribution in [3.8, 4) is 0 Å². The Morgan fingerprint density at radius 1 is 1.47 bits per heavy atom. The van der Waals surface area contributed by atoms with Gasteiger partial charge in [0.1, 0.15) is 0 Å². The Kier molecular flexibility index (Phi) is 3.76. The van der Waals surface area contributed by atoms with Crippen LogP contribution in [-0.4, -0.2) is 29.2 Å². The van der Waals surface area contributed by atoms with E-state index in [2.05, 4.69) is 24.8 Å². The average Bonchev–Trinajstić information content (AvgIpc) is 2.23. The van der Waals surface area contributed by atoms with E-state index in [0.717, 1.165) is 31.1 Å². The van der Waals surface area contributed by atoms with Crippen LogP contribution in [0.15, 0.2) is 24.3 Å². The molecule has 2 rings (SSSR count). The highest BCUT2D eigenvalue weighted by Crippen LogP contribution is 2.30. The van der Waals surface area contributed by atoms with Crippen molar-refractivity contribution in [3.63, 3.8) is 0 Å². The number of likely N-dealkylation sites (tertiary alicyclic amines) is 1. The predicted molar refractivity (Wildman–Crippen MR) is 71.1 cm³/mol. The van der Waals surface area contributed by atoms with Crippen LogP contribution >= 0.6 is 11.6 Å². The highest BCUT2D eigenvalue weighted by atomic mass is 35.5. The van der Waals surface area contributed by atoms with Gasteiger partial charge in [-0.15, -0.1) is 0 Å². The Hall–Kier alpha value is -0.570. The second kappa shape index (κ2) is 4.97. The Labute approximate surface area is 108 Å². The molecule has 0 bridgehead atoms. The lowest BCUT2D eigenvalue weighted by Crippen LogP contribution is -2.48. The summed E-state index contributed by atoms with van der Waals surface area (Å²) in [6.45, 7) is 7.05. The summed E-state index contributed by atoms with van der Waals surface area (Å²) in [5.74, 6) is 0. The normalized spacial score (nSPS) is 24.8. The van der Waals surface area contributed by atoms with Gasteiger partial charge in [0, 0.05) is 30.1 Å². The number of rotatable bonds is 2. The maximum absolute atomic E-state index is 9.92. The first-order chi connectivity index (χ1) is 7.97. The van der Waals surface area contributed by atoms with Gasteiger partial charge in [-0.2, -0.15) is 0 Å². The Bertz CT molecular complexity index is 392. The van der Waals surface area contributed by atoms with Crippen LogP contribution < -0.4 is 0 Å². The van der Waals surface area contributed by atoms with Gasteiger partial charge >= 0.3 is 0 Å². The van der Waals surface area contributed by atoms with Crippen LogP contribution in [0.2, 0.25) is 5.02 Å². The second-order valence-corrected chi connectivity index (χ2v) is 6.07. The molecule has 0 aromatic heterocycles. The molecule has 1 atom stereocenters. The molecule has 1 unspecified atom stereocenters. The summed E-state index contributed by atoms with van der Waals surface area (Å²) < 4.78 is 0. The summed E-state index contributed by atoms with van der Waals surface area (Å²) in [6, 6.07) is 8.00. The molecule has 1 aromatic carbocycles. The average molecular weight is 254 g/mol. The predicted octanol–water partition coefficient (Wildman–Crippen LogP) is 2.93. The van der Waals surface area contributed by atoms with Crippen LogP contribution in [0.25, 0.3) is 0 Å². The molecule has 1 aliphatic rings. The van der Waals surface area contributed by atoms with Gasteiger partial charge in [-0.1, -0.05) is 37.6 Å². The van der Waals surface area contributed by atoms with Crippen molar-refractivity contribution >= 4 is 11.6 Å². The highest BCUT2D eigenvalue weighted by Gasteiger charge is 2.34. The minimum absolute atomic E-state index is 0.0170. The fourth-order valence-corrected chi connectivity index (χ4v) is 2.70. The fraction of sp³-hybridized carbons (Fsp3) is 0.571. The third-order valence-corrected chi connectivity index (χ3v) is 3.78. The van der Waals surface area contributed by atoms with Crippen LogP contribution in [0.3, 0.4) is 0 Å². The van der Waals surface area contributed by atoms with E-state index >= 15 is 0 Å². The van der Waals surface area contributed by atoms with Gasteiger partial charge in [0.05, 0.1) is 6.10 Å². The van der Waals surface area contributed by atoms with E-state index in [-0.39, 0.29) is 11.5 Å². The Morgan fingerprint density at radius 3 is 2.88 bits per heavy atom. The van der Waals surface area contributed by atoms with E-state index in [1.54, 1.807) is 0 Å². The standard InChI is InChI=1S/C14H20ClNO/c1-14(2)10-16(7-6-13(14)17)9-11-4-3-5-12(15)8-11/h3-5,8,13,17H,6-7,9-10H2,1-2H3. The molecule has 1 heterocycles. The number of piperidine rings is 1. The van der Waals surface area contributed by atoms with E-state index < -0.39 is 0 Å². The van der Waals surface area contributed by atoms with Gasteiger partial charge in [-0.3, -0.25) is 4.90 Å². The summed E-state index contributed by atoms with van der Waals surface area (Å²) in [7, 11) is 0. The van der Waals surface area contributed by atoms with Crippen molar-refractivity contribution in [2.24, 2.45) is 5.41 Å². The van der Waals surface area contributed by atoms with Crippen molar-refractivity contribution in [1.82, 2.24) is 4.90 Å². The number of halogens is 1. The summed E-state index contributed by atoms with van der Waals surface area (Å²) in [5, 5.41) is 10.7. The van der Waals surface area contributed by atoms with Crippen LogP contribution in [0.4, 0.5) is 0 Å². The van der Waals surface area contributed by atoms with E-state index in [1.165, 1.54) is 5.56 Å². The maximum atomic E-state index is 9.92. The number of aliphatic hydroxyl groups excluding tert-OH is 1. The van der Waals surface area contributed by atoms with Crippen LogP contribution in [0, 0.1) is 5.41 Å². The molecule has 1 saturated heterocycles. The first-order valence-electron chi connectivity index (χ1n) is 6.12. The van der Waals surface area contributed by atoms with E-state index in [0.29, 0.717) is 0 Å². The summed E-state index contributed by atoms with van der Waals surface area (Å²) in [6.07, 6.45) is 0.672. The summed E-state index contributed by atoms with van der Waals surface area (Å²) in [5.41, 5.74) is 1.22. The fourth-order valence-electron chi connectivity index (χ4n) is 2.48. The monoisotopic (exact) mass is 253 g/mol. The molecule has 0 aliphatic carbocycles. The largest absolute Gasteiger partial charge is 0.392 e. The highest BCUT2D eigenvalue weighted by molar-refractivity contribution is 6.30. The molecule has 0 saturated carbocycles. The second-order valence-electron chi connectivity index (χ2n) is 5.63. The third kappa shape index (κ3) is 3.21. The molecule has 3 heteroatoms. The molecule has 0 spiro atoms. The minimum Gasteiger partial charge on any atom is -0.392 e. The number of nitrogens with zero attached hydrogens (tertiary/aromatic N) is 1. The summed E-state index contributed by atoms with van der Waals surface area (Å²) in [4.78, 5) is 2.39. The van der Waals surface area contributed by atoms with Crippen LogP contribution in [0.5, 0.6) is 0 Å². The van der Waals surface area contributed by atoms with Gasteiger partial charge < -0.3 is 5.11 Å². The van der Waals surface area contributed by atoms with E-state index in [9.17, 15) is 5.11 Å². The van der Waals surface area contributed by atoms with Gasteiger partial charge in [0.2, 0.25) is 0 Å². The molecule has 0 radical (unpaired) electrons. The number of hydrogen-bond acceptors (Lipinski definition) is 2. The molecule has 17 heavy (non-hydrogen) atoms. The molecule has 1 fully saturated rings. The van der Waals surface area contributed by atoms with Crippen molar-refractivity contribution in [3.05, 3.63) is 34.9 Å². The molecule has 94 valence electrons. The lowest BCUT2D eigenvalue weighted by atomic mass is 9.81. The van der Waals surface area contributed by atoms with Gasteiger partial charge in [0.15, 0.2) is 0 Å². The molecular weight excluding hydrogens is 234 g/mol. The van der Waals surface area contributed by atoms with Crippen molar-refractivity contribution in [2.45, 2.75) is 32.9 Å². The van der Waals surface area contributed by atoms with Gasteiger partial charge in [0.25, 0.3) is 0 Å². The first kappa shape index (κ1) is 12.9. The lowest BCUT2D eigenvalue weighted by Gasteiger charge is -2.41. The maximum Gasteiger partial charge on any atom is 0.0615 e. The summed E-state index contributed by atoms with van der Waals surface area (Å²) >= 11 is 5.98. The quantitative estimate of drug-likeness (QED) is 0.876. The smallest absolute Gasteiger partial charge is 0.0615 e. The first-order valence-corrected chi connectivity index (χ1v) is 6.50. The van der Waals surface area contributed by atoms with E-state index in [4.69, 9.17) is 11.6 Å². The molecular formula is C14H20ClNO. The van der Waals surface area contributed by atoms with Crippen LogP contribution in [-0.2, 0) is 6.54 Å². The Morgan fingerprint density at radius 2 is 2.24 bits per heavy atom. The van der Waals surface area contributed by atoms with Crippen molar-refractivity contribution in [1.29, 1.82) is 0 Å². The molecule has 1 N–H and O–H groups in total. The lowest BCUT2D eigenvalue weighted by molar-refractivity contribution is -0.0270. The zero-order valence-electron chi connectivity index (χ0n) is 10.5. The van der Waals surface area contributed by atoms with E-state index in [1.807, 2.05) is 18.2 Å². The molecule has 2 nitrogen and oxygen atoms in total. The molecule has 0 amide bonds. The number of hydrogen-bond donors (Lipinski definition) is 1. The number of benzene rings is 1.